The molecule has 0 amide bonds. The van der Waals surface area contributed by atoms with Gasteiger partial charge in [0.05, 0.1) is 11.5 Å². The lowest BCUT2D eigenvalue weighted by molar-refractivity contribution is 0.340. The molecule has 136 valence electrons. The molecule has 0 saturated heterocycles. The molecule has 0 radical (unpaired) electrons. The first-order valence-electron chi connectivity index (χ1n) is 8.48. The van der Waals surface area contributed by atoms with Gasteiger partial charge in [-0.15, -0.1) is 11.3 Å². The number of nitrogens with zero attached hydrogens (tertiary/aromatic N) is 1. The molecule has 3 aromatic rings. The largest absolute Gasteiger partial charge is 0.494 e. The predicted molar refractivity (Wildman–Crippen MR) is 111 cm³/mol. The molecule has 0 fully saturated rings. The van der Waals surface area contributed by atoms with Crippen LogP contribution in [0.2, 0.25) is 10.0 Å². The second-order valence-electron chi connectivity index (χ2n) is 5.74. The van der Waals surface area contributed by atoms with Crippen LogP contribution in [0.1, 0.15) is 17.5 Å². The fourth-order valence-electron chi connectivity index (χ4n) is 2.55. The summed E-state index contributed by atoms with van der Waals surface area (Å²) < 4.78 is 5.48. The average molecular weight is 407 g/mol. The van der Waals surface area contributed by atoms with Gasteiger partial charge in [0.25, 0.3) is 0 Å². The van der Waals surface area contributed by atoms with Crippen molar-refractivity contribution in [3.63, 3.8) is 0 Å². The summed E-state index contributed by atoms with van der Waals surface area (Å²) in [5.74, 6) is 0.892. The highest BCUT2D eigenvalue weighted by molar-refractivity contribution is 7.15. The summed E-state index contributed by atoms with van der Waals surface area (Å²) in [7, 11) is 0. The first kappa shape index (κ1) is 19.2. The molecule has 0 bridgehead atoms. The number of ether oxygens (including phenoxy) is 1. The fraction of sp³-hybridized carbons (Fsp3) is 0.250. The Morgan fingerprint density at radius 3 is 2.65 bits per heavy atom. The van der Waals surface area contributed by atoms with Crippen molar-refractivity contribution in [2.75, 3.05) is 13.2 Å². The first-order chi connectivity index (χ1) is 12.7. The van der Waals surface area contributed by atoms with E-state index >= 15 is 0 Å². The third kappa shape index (κ3) is 5.21. The Kier molecular flexibility index (Phi) is 6.92. The molecule has 1 aromatic heterocycles. The zero-order valence-electron chi connectivity index (χ0n) is 14.5. The Bertz CT molecular complexity index is 849. The lowest BCUT2D eigenvalue weighted by Crippen LogP contribution is -2.16. The number of aromatic nitrogens is 1. The fourth-order valence-corrected chi connectivity index (χ4v) is 3.95. The van der Waals surface area contributed by atoms with E-state index in [1.165, 1.54) is 0 Å². The highest BCUT2D eigenvalue weighted by Crippen LogP contribution is 2.28. The summed E-state index contributed by atoms with van der Waals surface area (Å²) in [6, 6.07) is 13.7. The zero-order valence-corrected chi connectivity index (χ0v) is 16.8. The molecule has 0 spiro atoms. The zero-order chi connectivity index (χ0) is 18.4. The number of benzene rings is 2. The van der Waals surface area contributed by atoms with Crippen molar-refractivity contribution in [3.05, 3.63) is 69.3 Å². The molecule has 0 aliphatic rings. The van der Waals surface area contributed by atoms with Crippen molar-refractivity contribution >= 4 is 34.5 Å². The van der Waals surface area contributed by atoms with E-state index in [1.54, 1.807) is 17.4 Å². The molecule has 1 N–H and O–H groups in total. The number of nitrogens with one attached hydrogen (secondary N) is 1. The van der Waals surface area contributed by atoms with Crippen LogP contribution in [0.3, 0.4) is 0 Å². The third-order valence-electron chi connectivity index (χ3n) is 3.87. The monoisotopic (exact) mass is 406 g/mol. The lowest BCUT2D eigenvalue weighted by Gasteiger charge is -2.05. The van der Waals surface area contributed by atoms with Gasteiger partial charge in [-0.3, -0.25) is 0 Å². The van der Waals surface area contributed by atoms with Crippen LogP contribution < -0.4 is 10.1 Å². The minimum absolute atomic E-state index is 0.663. The van der Waals surface area contributed by atoms with Crippen molar-refractivity contribution in [1.29, 1.82) is 0 Å². The molecule has 1 heterocycles. The summed E-state index contributed by atoms with van der Waals surface area (Å²) >= 11 is 13.8. The minimum atomic E-state index is 0.663. The Balaban J connectivity index is 1.50. The normalized spacial score (nSPS) is 10.9. The minimum Gasteiger partial charge on any atom is -0.494 e. The maximum Gasteiger partial charge on any atom is 0.119 e. The number of rotatable bonds is 8. The van der Waals surface area contributed by atoms with E-state index in [1.807, 2.05) is 37.4 Å². The quantitative estimate of drug-likeness (QED) is 0.476. The Hall–Kier alpha value is -1.59. The molecular formula is C20H20Cl2N2OS. The van der Waals surface area contributed by atoms with Crippen LogP contribution in [0.15, 0.2) is 48.7 Å². The maximum atomic E-state index is 6.20. The highest BCUT2D eigenvalue weighted by Gasteiger charge is 2.06. The van der Waals surface area contributed by atoms with Crippen LogP contribution >= 0.6 is 34.5 Å². The van der Waals surface area contributed by atoms with Crippen molar-refractivity contribution < 1.29 is 4.74 Å². The van der Waals surface area contributed by atoms with Gasteiger partial charge in [0.1, 0.15) is 10.8 Å². The molecule has 3 nitrogen and oxygen atoms in total. The summed E-state index contributed by atoms with van der Waals surface area (Å²) in [5, 5.41) is 5.86. The van der Waals surface area contributed by atoms with Gasteiger partial charge in [0, 0.05) is 22.8 Å². The Morgan fingerprint density at radius 1 is 1.12 bits per heavy atom. The van der Waals surface area contributed by atoms with Gasteiger partial charge in [-0.05, 0) is 67.4 Å². The van der Waals surface area contributed by atoms with Crippen LogP contribution in [-0.4, -0.2) is 18.1 Å². The molecule has 0 unspecified atom stereocenters. The van der Waals surface area contributed by atoms with E-state index in [0.29, 0.717) is 16.7 Å². The van der Waals surface area contributed by atoms with Crippen LogP contribution in [0.25, 0.3) is 10.4 Å². The van der Waals surface area contributed by atoms with Gasteiger partial charge in [0.15, 0.2) is 0 Å². The Morgan fingerprint density at radius 2 is 1.92 bits per heavy atom. The highest BCUT2D eigenvalue weighted by atomic mass is 35.5. The van der Waals surface area contributed by atoms with Gasteiger partial charge >= 0.3 is 0 Å². The maximum absolute atomic E-state index is 6.20. The van der Waals surface area contributed by atoms with E-state index in [0.717, 1.165) is 46.3 Å². The van der Waals surface area contributed by atoms with E-state index in [9.17, 15) is 0 Å². The first-order valence-corrected chi connectivity index (χ1v) is 10.1. The second kappa shape index (κ2) is 9.38. The van der Waals surface area contributed by atoms with Crippen LogP contribution in [0, 0.1) is 0 Å². The average Bonchev–Trinajstić information content (AvgIpc) is 3.10. The van der Waals surface area contributed by atoms with Crippen molar-refractivity contribution in [2.24, 2.45) is 0 Å². The summed E-state index contributed by atoms with van der Waals surface area (Å²) in [6.07, 6.45) is 2.78. The lowest BCUT2D eigenvalue weighted by atomic mass is 10.1. The molecule has 6 heteroatoms. The number of hydrogen-bond acceptors (Lipinski definition) is 4. The van der Waals surface area contributed by atoms with E-state index in [2.05, 4.69) is 22.4 Å². The number of hydrogen-bond donors (Lipinski definition) is 1. The SMILES string of the molecule is CCOc1ccc(-c2cnc(CNCCc3ccc(Cl)cc3Cl)s2)cc1. The Labute approximate surface area is 168 Å². The molecule has 0 aliphatic carbocycles. The molecular weight excluding hydrogens is 387 g/mol. The smallest absolute Gasteiger partial charge is 0.119 e. The molecule has 26 heavy (non-hydrogen) atoms. The van der Waals surface area contributed by atoms with E-state index < -0.39 is 0 Å². The van der Waals surface area contributed by atoms with Gasteiger partial charge in [-0.2, -0.15) is 0 Å². The molecule has 0 atom stereocenters. The summed E-state index contributed by atoms with van der Waals surface area (Å²) in [6.45, 7) is 4.24. The summed E-state index contributed by atoms with van der Waals surface area (Å²) in [4.78, 5) is 5.66. The summed E-state index contributed by atoms with van der Waals surface area (Å²) in [5.41, 5.74) is 2.25. The van der Waals surface area contributed by atoms with Gasteiger partial charge in [-0.25, -0.2) is 4.98 Å². The van der Waals surface area contributed by atoms with Gasteiger partial charge in [-0.1, -0.05) is 29.3 Å². The van der Waals surface area contributed by atoms with Crippen molar-refractivity contribution in [1.82, 2.24) is 10.3 Å². The van der Waals surface area contributed by atoms with Crippen molar-refractivity contribution in [2.45, 2.75) is 19.9 Å². The standard InChI is InChI=1S/C20H20Cl2N2OS/c1-2-25-17-7-4-15(5-8-17)19-12-24-20(26-19)13-23-10-9-14-3-6-16(21)11-18(14)22/h3-8,11-12,23H,2,9-10,13H2,1H3. The molecule has 0 saturated carbocycles. The van der Waals surface area contributed by atoms with E-state index in [-0.39, 0.29) is 0 Å². The van der Waals surface area contributed by atoms with E-state index in [4.69, 9.17) is 27.9 Å². The molecule has 2 aromatic carbocycles. The number of thiazole rings is 1. The predicted octanol–water partition coefficient (Wildman–Crippen LogP) is 5.85. The van der Waals surface area contributed by atoms with Crippen LogP contribution in [-0.2, 0) is 13.0 Å². The molecule has 0 aliphatic heterocycles. The van der Waals surface area contributed by atoms with Gasteiger partial charge in [0.2, 0.25) is 0 Å². The topological polar surface area (TPSA) is 34.1 Å². The third-order valence-corrected chi connectivity index (χ3v) is 5.50. The molecule has 3 rings (SSSR count). The second-order valence-corrected chi connectivity index (χ2v) is 7.70. The van der Waals surface area contributed by atoms with Crippen molar-refractivity contribution in [3.8, 4) is 16.2 Å². The van der Waals surface area contributed by atoms with Crippen LogP contribution in [0.5, 0.6) is 5.75 Å². The van der Waals surface area contributed by atoms with Crippen LogP contribution in [0.4, 0.5) is 0 Å². The number of halogens is 2. The van der Waals surface area contributed by atoms with Gasteiger partial charge < -0.3 is 10.1 Å².